The van der Waals surface area contributed by atoms with E-state index in [2.05, 4.69) is 0 Å². The van der Waals surface area contributed by atoms with Crippen LogP contribution in [0.2, 0.25) is 5.22 Å². The van der Waals surface area contributed by atoms with Crippen molar-refractivity contribution in [1.29, 1.82) is 0 Å². The van der Waals surface area contributed by atoms with E-state index < -0.39 is 24.0 Å². The summed E-state index contributed by atoms with van der Waals surface area (Å²) in [5.41, 5.74) is 0. The van der Waals surface area contributed by atoms with Crippen LogP contribution in [0.25, 0.3) is 0 Å². The molecule has 7 heteroatoms. The van der Waals surface area contributed by atoms with E-state index in [1.165, 1.54) is 12.1 Å². The Morgan fingerprint density at radius 1 is 1.47 bits per heavy atom. The number of rotatable bonds is 2. The molecule has 0 unspecified atom stereocenters. The predicted molar refractivity (Wildman–Crippen MR) is 56.8 cm³/mol. The number of aliphatic carboxylic acids is 1. The molecule has 6 nitrogen and oxygen atoms in total. The summed E-state index contributed by atoms with van der Waals surface area (Å²) in [4.78, 5) is 23.9. The van der Waals surface area contributed by atoms with E-state index in [1.807, 2.05) is 0 Å². The van der Waals surface area contributed by atoms with E-state index in [0.717, 1.165) is 4.90 Å². The average molecular weight is 260 g/mol. The van der Waals surface area contributed by atoms with Crippen LogP contribution in [0.3, 0.4) is 0 Å². The molecule has 1 aromatic rings. The molecular formula is C10H10ClNO5. The number of carbonyl (C=O) groups is 2. The largest absolute Gasteiger partial charge is 0.480 e. The third-order valence-electron chi connectivity index (χ3n) is 2.61. The van der Waals surface area contributed by atoms with E-state index in [1.54, 1.807) is 0 Å². The maximum absolute atomic E-state index is 11.9. The van der Waals surface area contributed by atoms with Gasteiger partial charge < -0.3 is 19.5 Å². The summed E-state index contributed by atoms with van der Waals surface area (Å²) < 4.78 is 4.92. The number of amides is 1. The first-order valence-corrected chi connectivity index (χ1v) is 5.34. The summed E-state index contributed by atoms with van der Waals surface area (Å²) in [5, 5.41) is 18.4. The van der Waals surface area contributed by atoms with Crippen LogP contribution in [-0.2, 0) is 4.79 Å². The van der Waals surface area contributed by atoms with Crippen molar-refractivity contribution in [1.82, 2.24) is 4.90 Å². The Kier molecular flexibility index (Phi) is 3.08. The topological polar surface area (TPSA) is 91.0 Å². The fourth-order valence-electron chi connectivity index (χ4n) is 1.84. The number of aliphatic hydroxyl groups excluding tert-OH is 1. The van der Waals surface area contributed by atoms with Gasteiger partial charge in [-0.15, -0.1) is 0 Å². The number of halogens is 1. The predicted octanol–water partition coefficient (Wildman–Crippen LogP) is 0.593. The molecule has 1 amide bonds. The SMILES string of the molecule is O=C(O)[C@@H]1C[C@H](O)CN1C(=O)c1ccc(Cl)o1. The Labute approximate surface area is 101 Å². The molecule has 17 heavy (non-hydrogen) atoms. The van der Waals surface area contributed by atoms with Crippen LogP contribution < -0.4 is 0 Å². The lowest BCUT2D eigenvalue weighted by Gasteiger charge is -2.19. The Bertz CT molecular complexity index is 457. The van der Waals surface area contributed by atoms with E-state index in [9.17, 15) is 14.7 Å². The highest BCUT2D eigenvalue weighted by atomic mass is 35.5. The molecule has 2 heterocycles. The maximum Gasteiger partial charge on any atom is 0.326 e. The Balaban J connectivity index is 2.21. The number of furan rings is 1. The molecule has 0 radical (unpaired) electrons. The number of likely N-dealkylation sites (tertiary alicyclic amines) is 1. The van der Waals surface area contributed by atoms with Crippen LogP contribution in [0.5, 0.6) is 0 Å². The minimum atomic E-state index is -1.15. The minimum absolute atomic E-state index is 0.0197. The lowest BCUT2D eigenvalue weighted by molar-refractivity contribution is -0.141. The van der Waals surface area contributed by atoms with Crippen LogP contribution in [0.1, 0.15) is 17.0 Å². The molecule has 1 aliphatic rings. The van der Waals surface area contributed by atoms with Gasteiger partial charge in [0.1, 0.15) is 6.04 Å². The molecule has 1 fully saturated rings. The van der Waals surface area contributed by atoms with Gasteiger partial charge in [0.05, 0.1) is 6.10 Å². The molecular weight excluding hydrogens is 250 g/mol. The fraction of sp³-hybridized carbons (Fsp3) is 0.400. The molecule has 0 spiro atoms. The number of carboxylic acid groups (broad SMARTS) is 1. The molecule has 0 bridgehead atoms. The summed E-state index contributed by atoms with van der Waals surface area (Å²) in [6, 6.07) is 1.74. The summed E-state index contributed by atoms with van der Waals surface area (Å²) in [6.45, 7) is -0.0197. The summed E-state index contributed by atoms with van der Waals surface area (Å²) in [5.74, 6) is -1.76. The molecule has 2 atom stereocenters. The van der Waals surface area contributed by atoms with Crippen molar-refractivity contribution in [3.05, 3.63) is 23.1 Å². The molecule has 1 aliphatic heterocycles. The monoisotopic (exact) mass is 259 g/mol. The van der Waals surface area contributed by atoms with Crippen LogP contribution in [0.4, 0.5) is 0 Å². The molecule has 0 saturated carbocycles. The Morgan fingerprint density at radius 3 is 2.71 bits per heavy atom. The summed E-state index contributed by atoms with van der Waals surface area (Å²) in [6.07, 6.45) is -0.805. The zero-order valence-electron chi connectivity index (χ0n) is 8.67. The maximum atomic E-state index is 11.9. The van der Waals surface area contributed by atoms with Crippen molar-refractivity contribution < 1.29 is 24.2 Å². The van der Waals surface area contributed by atoms with Gasteiger partial charge in [0.2, 0.25) is 0 Å². The highest BCUT2D eigenvalue weighted by Crippen LogP contribution is 2.22. The standard InChI is InChI=1S/C10H10ClNO5/c11-8-2-1-7(17-8)9(14)12-4-5(13)3-6(12)10(15)16/h1-2,5-6,13H,3-4H2,(H,15,16)/t5-,6-/m0/s1. The molecule has 2 rings (SSSR count). The van der Waals surface area contributed by atoms with E-state index in [4.69, 9.17) is 21.1 Å². The Hall–Kier alpha value is -1.53. The lowest BCUT2D eigenvalue weighted by atomic mass is 10.2. The number of hydrogen-bond donors (Lipinski definition) is 2. The van der Waals surface area contributed by atoms with E-state index in [-0.39, 0.29) is 23.9 Å². The first kappa shape index (κ1) is 11.9. The number of carboxylic acids is 1. The van der Waals surface area contributed by atoms with Gasteiger partial charge in [-0.25, -0.2) is 4.79 Å². The number of carbonyl (C=O) groups excluding carboxylic acids is 1. The van der Waals surface area contributed by atoms with Gasteiger partial charge in [0.15, 0.2) is 11.0 Å². The third kappa shape index (κ3) is 2.27. The van der Waals surface area contributed by atoms with Crippen LogP contribution >= 0.6 is 11.6 Å². The van der Waals surface area contributed by atoms with Gasteiger partial charge in [-0.1, -0.05) is 0 Å². The molecule has 0 aromatic carbocycles. The average Bonchev–Trinajstić information content (AvgIpc) is 2.83. The van der Waals surface area contributed by atoms with Gasteiger partial charge in [0, 0.05) is 13.0 Å². The van der Waals surface area contributed by atoms with Gasteiger partial charge >= 0.3 is 5.97 Å². The molecule has 1 saturated heterocycles. The summed E-state index contributed by atoms with van der Waals surface area (Å²) >= 11 is 5.54. The molecule has 0 aliphatic carbocycles. The van der Waals surface area contributed by atoms with Crippen LogP contribution in [-0.4, -0.2) is 45.7 Å². The van der Waals surface area contributed by atoms with Crippen molar-refractivity contribution in [3.8, 4) is 0 Å². The van der Waals surface area contributed by atoms with E-state index in [0.29, 0.717) is 0 Å². The van der Waals surface area contributed by atoms with E-state index >= 15 is 0 Å². The van der Waals surface area contributed by atoms with Crippen LogP contribution in [0.15, 0.2) is 16.5 Å². The first-order chi connectivity index (χ1) is 7.99. The zero-order valence-corrected chi connectivity index (χ0v) is 9.42. The van der Waals surface area contributed by atoms with Crippen molar-refractivity contribution in [3.63, 3.8) is 0 Å². The van der Waals surface area contributed by atoms with Crippen molar-refractivity contribution in [2.24, 2.45) is 0 Å². The van der Waals surface area contributed by atoms with Gasteiger partial charge in [0.25, 0.3) is 5.91 Å². The third-order valence-corrected chi connectivity index (χ3v) is 2.81. The second kappa shape index (κ2) is 4.38. The fourth-order valence-corrected chi connectivity index (χ4v) is 1.99. The highest BCUT2D eigenvalue weighted by Gasteiger charge is 2.40. The summed E-state index contributed by atoms with van der Waals surface area (Å²) in [7, 11) is 0. The van der Waals surface area contributed by atoms with Crippen molar-refractivity contribution in [2.75, 3.05) is 6.54 Å². The quantitative estimate of drug-likeness (QED) is 0.811. The zero-order chi connectivity index (χ0) is 12.6. The minimum Gasteiger partial charge on any atom is -0.480 e. The van der Waals surface area contributed by atoms with Gasteiger partial charge in [-0.2, -0.15) is 0 Å². The molecule has 2 N–H and O–H groups in total. The second-order valence-corrected chi connectivity index (χ2v) is 4.18. The molecule has 1 aromatic heterocycles. The number of β-amino-alcohol motifs (C(OH)–C–C–N with tert-alkyl or cyclic N) is 1. The number of nitrogens with zero attached hydrogens (tertiary/aromatic N) is 1. The smallest absolute Gasteiger partial charge is 0.326 e. The normalized spacial score (nSPS) is 24.0. The highest BCUT2D eigenvalue weighted by molar-refractivity contribution is 6.29. The number of aliphatic hydroxyl groups is 1. The van der Waals surface area contributed by atoms with Gasteiger partial charge in [-0.05, 0) is 23.7 Å². The number of hydrogen-bond acceptors (Lipinski definition) is 4. The Morgan fingerprint density at radius 2 is 2.18 bits per heavy atom. The van der Waals surface area contributed by atoms with Crippen molar-refractivity contribution >= 4 is 23.5 Å². The van der Waals surface area contributed by atoms with Gasteiger partial charge in [-0.3, -0.25) is 4.79 Å². The lowest BCUT2D eigenvalue weighted by Crippen LogP contribution is -2.40. The first-order valence-electron chi connectivity index (χ1n) is 4.96. The second-order valence-electron chi connectivity index (χ2n) is 3.80. The van der Waals surface area contributed by atoms with Crippen LogP contribution in [0, 0.1) is 0 Å². The molecule has 92 valence electrons. The van der Waals surface area contributed by atoms with Crippen molar-refractivity contribution in [2.45, 2.75) is 18.6 Å².